The molecule has 3 aromatic rings. The van der Waals surface area contributed by atoms with Gasteiger partial charge in [-0.15, -0.1) is 10.2 Å². The predicted molar refractivity (Wildman–Crippen MR) is 96.4 cm³/mol. The fourth-order valence-corrected chi connectivity index (χ4v) is 4.65. The van der Waals surface area contributed by atoms with Gasteiger partial charge in [-0.1, -0.05) is 35.1 Å². The van der Waals surface area contributed by atoms with Gasteiger partial charge in [-0.25, -0.2) is 13.1 Å². The van der Waals surface area contributed by atoms with Crippen molar-refractivity contribution >= 4 is 37.9 Å². The maximum absolute atomic E-state index is 12.2. The third kappa shape index (κ3) is 4.00. The normalized spacial score (nSPS) is 15.1. The van der Waals surface area contributed by atoms with Crippen molar-refractivity contribution in [2.24, 2.45) is 0 Å². The summed E-state index contributed by atoms with van der Waals surface area (Å²) in [5.41, 5.74) is 0.699. The Balaban J connectivity index is 1.35. The second-order valence-electron chi connectivity index (χ2n) is 6.05. The highest BCUT2D eigenvalue weighted by Gasteiger charge is 2.30. The first kappa shape index (κ1) is 16.9. The smallest absolute Gasteiger partial charge is 0.215 e. The number of rotatable bonds is 7. The molecular weight excluding hydrogens is 382 g/mol. The predicted octanol–water partition coefficient (Wildman–Crippen LogP) is 2.38. The molecule has 1 N–H and O–H groups in total. The summed E-state index contributed by atoms with van der Waals surface area (Å²) < 4.78 is 28.7. The van der Waals surface area contributed by atoms with Gasteiger partial charge in [-0.05, 0) is 30.5 Å². The monoisotopic (exact) mass is 397 g/mol. The van der Waals surface area contributed by atoms with Crippen LogP contribution in [0.2, 0.25) is 5.02 Å². The quantitative estimate of drug-likeness (QED) is 0.661. The van der Waals surface area contributed by atoms with Gasteiger partial charge in [0.05, 0.1) is 5.75 Å². The molecule has 132 valence electrons. The zero-order chi connectivity index (χ0) is 17.4. The van der Waals surface area contributed by atoms with Crippen LogP contribution in [0.25, 0.3) is 4.96 Å². The lowest BCUT2D eigenvalue weighted by Crippen LogP contribution is -2.27. The Morgan fingerprint density at radius 1 is 1.24 bits per heavy atom. The minimum atomic E-state index is -3.40. The van der Waals surface area contributed by atoms with E-state index in [-0.39, 0.29) is 5.75 Å². The van der Waals surface area contributed by atoms with Crippen LogP contribution in [0.15, 0.2) is 24.3 Å². The Labute approximate surface area is 154 Å². The van der Waals surface area contributed by atoms with E-state index in [0.29, 0.717) is 29.5 Å². The number of fused-ring (bicyclic) bond motifs is 1. The zero-order valence-corrected chi connectivity index (χ0v) is 15.6. The summed E-state index contributed by atoms with van der Waals surface area (Å²) in [6.45, 7) is 0.304. The summed E-state index contributed by atoms with van der Waals surface area (Å²) in [4.78, 5) is 0.765. The highest BCUT2D eigenvalue weighted by Crippen LogP contribution is 2.39. The molecule has 0 saturated heterocycles. The van der Waals surface area contributed by atoms with E-state index >= 15 is 0 Å². The van der Waals surface area contributed by atoms with Gasteiger partial charge >= 0.3 is 0 Å². The fourth-order valence-electron chi connectivity index (χ4n) is 2.53. The molecule has 0 amide bonds. The zero-order valence-electron chi connectivity index (χ0n) is 13.2. The Kier molecular flexibility index (Phi) is 4.48. The van der Waals surface area contributed by atoms with Crippen molar-refractivity contribution in [1.29, 1.82) is 0 Å². The molecule has 1 saturated carbocycles. The van der Waals surface area contributed by atoms with Crippen molar-refractivity contribution in [1.82, 2.24) is 24.5 Å². The molecule has 2 aromatic heterocycles. The van der Waals surface area contributed by atoms with E-state index < -0.39 is 10.0 Å². The number of nitrogens with zero attached hydrogens (tertiary/aromatic N) is 4. The van der Waals surface area contributed by atoms with E-state index in [4.69, 9.17) is 11.6 Å². The molecule has 2 heterocycles. The van der Waals surface area contributed by atoms with Crippen LogP contribution in [0.5, 0.6) is 0 Å². The first-order valence-corrected chi connectivity index (χ1v) is 10.8. The molecule has 0 aliphatic heterocycles. The van der Waals surface area contributed by atoms with Crippen molar-refractivity contribution in [3.05, 3.63) is 45.7 Å². The molecule has 1 aromatic carbocycles. The van der Waals surface area contributed by atoms with Crippen molar-refractivity contribution in [3.8, 4) is 0 Å². The molecule has 1 fully saturated rings. The van der Waals surface area contributed by atoms with Crippen LogP contribution in [0.4, 0.5) is 0 Å². The third-order valence-corrected chi connectivity index (χ3v) is 6.50. The average Bonchev–Trinajstić information content (AvgIpc) is 3.20. The molecule has 10 heteroatoms. The van der Waals surface area contributed by atoms with Crippen molar-refractivity contribution < 1.29 is 8.42 Å². The second kappa shape index (κ2) is 6.64. The number of benzene rings is 1. The molecule has 0 unspecified atom stereocenters. The van der Waals surface area contributed by atoms with Gasteiger partial charge in [0.1, 0.15) is 5.01 Å². The van der Waals surface area contributed by atoms with E-state index in [0.717, 1.165) is 28.6 Å². The SMILES string of the molecule is O=S(=O)(Cc1ccc(Cl)cc1)NCCc1nn2c(C3CC3)nnc2s1. The van der Waals surface area contributed by atoms with Crippen LogP contribution >= 0.6 is 22.9 Å². The number of aromatic nitrogens is 4. The van der Waals surface area contributed by atoms with Crippen LogP contribution < -0.4 is 4.72 Å². The Bertz CT molecular complexity index is 993. The minimum Gasteiger partial charge on any atom is -0.215 e. The van der Waals surface area contributed by atoms with Gasteiger partial charge in [-0.3, -0.25) is 0 Å². The maximum atomic E-state index is 12.2. The van der Waals surface area contributed by atoms with Crippen molar-refractivity contribution in [2.75, 3.05) is 6.54 Å². The first-order chi connectivity index (χ1) is 12.0. The van der Waals surface area contributed by atoms with Gasteiger partial charge < -0.3 is 0 Å². The summed E-state index contributed by atoms with van der Waals surface area (Å²) in [7, 11) is -3.40. The number of hydrogen-bond donors (Lipinski definition) is 1. The summed E-state index contributed by atoms with van der Waals surface area (Å²) >= 11 is 7.26. The Morgan fingerprint density at radius 3 is 2.72 bits per heavy atom. The summed E-state index contributed by atoms with van der Waals surface area (Å²) in [6.07, 6.45) is 2.80. The van der Waals surface area contributed by atoms with E-state index in [2.05, 4.69) is 20.0 Å². The average molecular weight is 398 g/mol. The standard InChI is InChI=1S/C15H16ClN5O2S2/c16-12-5-1-10(2-6-12)9-25(22,23)17-8-7-13-20-21-14(11-3-4-11)18-19-15(21)24-13/h1-2,5-6,11,17H,3-4,7-9H2. The van der Waals surface area contributed by atoms with Crippen LogP contribution in [0, 0.1) is 0 Å². The van der Waals surface area contributed by atoms with Gasteiger partial charge in [0.15, 0.2) is 5.82 Å². The van der Waals surface area contributed by atoms with Crippen molar-refractivity contribution in [2.45, 2.75) is 30.9 Å². The minimum absolute atomic E-state index is 0.0683. The lowest BCUT2D eigenvalue weighted by molar-refractivity contribution is 0.580. The van der Waals surface area contributed by atoms with Gasteiger partial charge in [-0.2, -0.15) is 9.61 Å². The van der Waals surface area contributed by atoms with E-state index in [1.54, 1.807) is 28.8 Å². The van der Waals surface area contributed by atoms with Crippen LogP contribution in [-0.2, 0) is 22.2 Å². The number of nitrogens with one attached hydrogen (secondary N) is 1. The fraction of sp³-hybridized carbons (Fsp3) is 0.400. The highest BCUT2D eigenvalue weighted by atomic mass is 35.5. The molecule has 0 bridgehead atoms. The molecule has 0 radical (unpaired) electrons. The number of hydrogen-bond acceptors (Lipinski definition) is 6. The maximum Gasteiger partial charge on any atom is 0.234 e. The summed E-state index contributed by atoms with van der Waals surface area (Å²) in [6, 6.07) is 6.79. The number of halogens is 1. The van der Waals surface area contributed by atoms with Gasteiger partial charge in [0, 0.05) is 23.9 Å². The molecule has 1 aliphatic carbocycles. The third-order valence-electron chi connectivity index (χ3n) is 3.93. The Hall–Kier alpha value is -1.55. The molecule has 25 heavy (non-hydrogen) atoms. The molecule has 0 spiro atoms. The van der Waals surface area contributed by atoms with E-state index in [1.807, 2.05) is 0 Å². The van der Waals surface area contributed by atoms with Gasteiger partial charge in [0.2, 0.25) is 15.0 Å². The molecule has 1 aliphatic rings. The topological polar surface area (TPSA) is 89.2 Å². The molecule has 4 rings (SSSR count). The summed E-state index contributed by atoms with van der Waals surface area (Å²) in [5, 5.41) is 14.3. The molecule has 7 nitrogen and oxygen atoms in total. The van der Waals surface area contributed by atoms with E-state index in [1.165, 1.54) is 11.3 Å². The lowest BCUT2D eigenvalue weighted by atomic mass is 10.2. The van der Waals surface area contributed by atoms with Crippen molar-refractivity contribution in [3.63, 3.8) is 0 Å². The van der Waals surface area contributed by atoms with Crippen LogP contribution in [0.3, 0.4) is 0 Å². The largest absolute Gasteiger partial charge is 0.234 e. The Morgan fingerprint density at radius 2 is 2.00 bits per heavy atom. The number of sulfonamides is 1. The summed E-state index contributed by atoms with van der Waals surface area (Å²) in [5.74, 6) is 1.32. The van der Waals surface area contributed by atoms with Crippen LogP contribution in [-0.4, -0.2) is 34.8 Å². The van der Waals surface area contributed by atoms with Gasteiger partial charge in [0.25, 0.3) is 0 Å². The second-order valence-corrected chi connectivity index (χ2v) is 9.34. The first-order valence-electron chi connectivity index (χ1n) is 7.93. The lowest BCUT2D eigenvalue weighted by Gasteiger charge is -2.06. The highest BCUT2D eigenvalue weighted by molar-refractivity contribution is 7.88. The van der Waals surface area contributed by atoms with Crippen LogP contribution in [0.1, 0.15) is 35.2 Å². The van der Waals surface area contributed by atoms with E-state index in [9.17, 15) is 8.42 Å². The molecular formula is C15H16ClN5O2S2. The molecule has 0 atom stereocenters.